The van der Waals surface area contributed by atoms with Crippen molar-refractivity contribution in [2.75, 3.05) is 6.54 Å². The summed E-state index contributed by atoms with van der Waals surface area (Å²) in [6, 6.07) is 0.820. The molecule has 2 unspecified atom stereocenters. The van der Waals surface area contributed by atoms with E-state index >= 15 is 0 Å². The zero-order chi connectivity index (χ0) is 14.5. The van der Waals surface area contributed by atoms with Crippen molar-refractivity contribution in [2.45, 2.75) is 77.8 Å². The molecule has 1 aliphatic heterocycles. The van der Waals surface area contributed by atoms with Gasteiger partial charge in [0.25, 0.3) is 0 Å². The summed E-state index contributed by atoms with van der Waals surface area (Å²) in [5.74, 6) is 0.684. The van der Waals surface area contributed by atoms with Crippen LogP contribution in [0.4, 0.5) is 0 Å². The Hall–Kier alpha value is -0.570. The van der Waals surface area contributed by atoms with Crippen molar-refractivity contribution in [1.29, 1.82) is 0 Å². The van der Waals surface area contributed by atoms with Gasteiger partial charge < -0.3 is 10.6 Å². The Bertz CT molecular complexity index is 398. The maximum atomic E-state index is 12.9. The van der Waals surface area contributed by atoms with Gasteiger partial charge in [0.1, 0.15) is 0 Å². The molecule has 2 atom stereocenters. The molecule has 2 saturated carbocycles. The second-order valence-electron chi connectivity index (χ2n) is 8.79. The fourth-order valence-electron chi connectivity index (χ4n) is 5.32. The van der Waals surface area contributed by atoms with Crippen LogP contribution in [0.5, 0.6) is 0 Å². The third-order valence-electron chi connectivity index (χ3n) is 5.82. The quantitative estimate of drug-likeness (QED) is 0.801. The van der Waals surface area contributed by atoms with Gasteiger partial charge in [0.15, 0.2) is 0 Å². The van der Waals surface area contributed by atoms with E-state index in [2.05, 4.69) is 25.7 Å². The molecule has 3 heteroatoms. The number of rotatable bonds is 1. The zero-order valence-electron chi connectivity index (χ0n) is 13.3. The predicted molar refractivity (Wildman–Crippen MR) is 81.2 cm³/mol. The van der Waals surface area contributed by atoms with E-state index in [1.54, 1.807) is 0 Å². The normalized spacial score (nSPS) is 43.6. The number of likely N-dealkylation sites (tertiary alicyclic amines) is 1. The third kappa shape index (κ3) is 2.61. The highest BCUT2D eigenvalue weighted by Crippen LogP contribution is 2.52. The third-order valence-corrected chi connectivity index (χ3v) is 5.82. The van der Waals surface area contributed by atoms with Crippen LogP contribution < -0.4 is 5.73 Å². The van der Waals surface area contributed by atoms with Crippen LogP contribution in [0.3, 0.4) is 0 Å². The average Bonchev–Trinajstić information content (AvgIpc) is 2.58. The molecule has 1 saturated heterocycles. The lowest BCUT2D eigenvalue weighted by Crippen LogP contribution is -2.42. The molecule has 114 valence electrons. The lowest BCUT2D eigenvalue weighted by molar-refractivity contribution is -0.137. The zero-order valence-corrected chi connectivity index (χ0v) is 13.3. The van der Waals surface area contributed by atoms with Gasteiger partial charge in [-0.1, -0.05) is 20.8 Å². The number of amides is 1. The summed E-state index contributed by atoms with van der Waals surface area (Å²) >= 11 is 0. The molecule has 2 aliphatic carbocycles. The Morgan fingerprint density at radius 2 is 1.75 bits per heavy atom. The van der Waals surface area contributed by atoms with Crippen molar-refractivity contribution >= 4 is 5.91 Å². The lowest BCUT2D eigenvalue weighted by atomic mass is 9.65. The smallest absolute Gasteiger partial charge is 0.225 e. The van der Waals surface area contributed by atoms with Gasteiger partial charge in [-0.15, -0.1) is 0 Å². The summed E-state index contributed by atoms with van der Waals surface area (Å²) in [7, 11) is 0. The SMILES string of the molecule is CC1(C)CC2CC(C)(CN2C(=O)C2CCC(N)CC2)C1. The van der Waals surface area contributed by atoms with E-state index < -0.39 is 0 Å². The average molecular weight is 278 g/mol. The number of fused-ring (bicyclic) bond motifs is 2. The molecule has 3 fully saturated rings. The molecule has 2 N–H and O–H groups in total. The molecule has 0 aromatic heterocycles. The van der Waals surface area contributed by atoms with E-state index in [9.17, 15) is 4.79 Å². The van der Waals surface area contributed by atoms with Crippen molar-refractivity contribution in [3.05, 3.63) is 0 Å². The molecule has 1 amide bonds. The summed E-state index contributed by atoms with van der Waals surface area (Å²) in [5, 5.41) is 0. The molecule has 2 bridgehead atoms. The molecule has 0 spiro atoms. The van der Waals surface area contributed by atoms with E-state index in [-0.39, 0.29) is 5.92 Å². The van der Waals surface area contributed by atoms with Crippen LogP contribution in [0.1, 0.15) is 65.7 Å². The molecular formula is C17H30N2O. The molecule has 3 nitrogen and oxygen atoms in total. The first-order valence-electron chi connectivity index (χ1n) is 8.34. The first-order valence-corrected chi connectivity index (χ1v) is 8.34. The van der Waals surface area contributed by atoms with Gasteiger partial charge >= 0.3 is 0 Å². The lowest BCUT2D eigenvalue weighted by Gasteiger charge is -2.39. The van der Waals surface area contributed by atoms with Crippen molar-refractivity contribution in [1.82, 2.24) is 4.90 Å². The van der Waals surface area contributed by atoms with E-state index in [1.807, 2.05) is 0 Å². The van der Waals surface area contributed by atoms with Crippen LogP contribution in [-0.4, -0.2) is 29.4 Å². The summed E-state index contributed by atoms with van der Waals surface area (Å²) in [6.07, 6.45) is 7.72. The highest BCUT2D eigenvalue weighted by Gasteiger charge is 2.51. The van der Waals surface area contributed by atoms with E-state index in [4.69, 9.17) is 5.73 Å². The monoisotopic (exact) mass is 278 g/mol. The Balaban J connectivity index is 1.70. The van der Waals surface area contributed by atoms with Crippen LogP contribution in [-0.2, 0) is 4.79 Å². The van der Waals surface area contributed by atoms with Gasteiger partial charge in [-0.25, -0.2) is 0 Å². The first kappa shape index (κ1) is 14.4. The van der Waals surface area contributed by atoms with E-state index in [0.717, 1.165) is 32.2 Å². The highest BCUT2D eigenvalue weighted by atomic mass is 16.2. The van der Waals surface area contributed by atoms with Crippen LogP contribution in [0.2, 0.25) is 0 Å². The van der Waals surface area contributed by atoms with Crippen LogP contribution in [0.15, 0.2) is 0 Å². The Morgan fingerprint density at radius 1 is 1.10 bits per heavy atom. The minimum atomic E-state index is 0.251. The number of nitrogens with two attached hydrogens (primary N) is 1. The minimum Gasteiger partial charge on any atom is -0.339 e. The summed E-state index contributed by atoms with van der Waals surface area (Å²) in [6.45, 7) is 8.10. The fourth-order valence-corrected chi connectivity index (χ4v) is 5.32. The van der Waals surface area contributed by atoms with Gasteiger partial charge in [0, 0.05) is 24.5 Å². The van der Waals surface area contributed by atoms with Crippen LogP contribution in [0, 0.1) is 16.7 Å². The predicted octanol–water partition coefficient (Wildman–Crippen LogP) is 2.93. The van der Waals surface area contributed by atoms with Gasteiger partial charge in [0.05, 0.1) is 0 Å². The number of hydrogen-bond donors (Lipinski definition) is 1. The second kappa shape index (κ2) is 4.72. The number of nitrogens with zero attached hydrogens (tertiary/aromatic N) is 1. The largest absolute Gasteiger partial charge is 0.339 e. The van der Waals surface area contributed by atoms with Crippen molar-refractivity contribution in [2.24, 2.45) is 22.5 Å². The number of carbonyl (C=O) groups is 1. The summed E-state index contributed by atoms with van der Waals surface area (Å²) in [5.41, 5.74) is 6.71. The Labute approximate surface area is 123 Å². The molecule has 0 radical (unpaired) electrons. The van der Waals surface area contributed by atoms with Gasteiger partial charge in [-0.3, -0.25) is 4.79 Å². The summed E-state index contributed by atoms with van der Waals surface area (Å²) < 4.78 is 0. The fraction of sp³-hybridized carbons (Fsp3) is 0.941. The van der Waals surface area contributed by atoms with E-state index in [0.29, 0.717) is 28.8 Å². The first-order chi connectivity index (χ1) is 9.28. The van der Waals surface area contributed by atoms with Crippen molar-refractivity contribution in [3.8, 4) is 0 Å². The topological polar surface area (TPSA) is 46.3 Å². The van der Waals surface area contributed by atoms with Gasteiger partial charge in [-0.05, 0) is 55.8 Å². The van der Waals surface area contributed by atoms with Gasteiger partial charge in [-0.2, -0.15) is 0 Å². The molecule has 0 aromatic carbocycles. The number of hydrogen-bond acceptors (Lipinski definition) is 2. The van der Waals surface area contributed by atoms with Crippen LogP contribution in [0.25, 0.3) is 0 Å². The van der Waals surface area contributed by atoms with Crippen LogP contribution >= 0.6 is 0 Å². The molecule has 0 aromatic rings. The number of carbonyl (C=O) groups excluding carboxylic acids is 1. The molecular weight excluding hydrogens is 248 g/mol. The maximum absolute atomic E-state index is 12.9. The minimum absolute atomic E-state index is 0.251. The van der Waals surface area contributed by atoms with Crippen molar-refractivity contribution < 1.29 is 4.79 Å². The second-order valence-corrected chi connectivity index (χ2v) is 8.79. The van der Waals surface area contributed by atoms with Gasteiger partial charge in [0.2, 0.25) is 5.91 Å². The van der Waals surface area contributed by atoms with E-state index in [1.165, 1.54) is 19.3 Å². The molecule has 3 rings (SSSR count). The maximum Gasteiger partial charge on any atom is 0.225 e. The molecule has 20 heavy (non-hydrogen) atoms. The molecule has 1 heterocycles. The molecule has 3 aliphatic rings. The standard InChI is InChI=1S/C17H30N2O/c1-16(2)8-14-9-17(3,10-16)11-19(14)15(20)12-4-6-13(18)7-5-12/h12-14H,4-11,18H2,1-3H3. The summed E-state index contributed by atoms with van der Waals surface area (Å²) in [4.78, 5) is 15.1. The Kier molecular flexibility index (Phi) is 3.39. The van der Waals surface area contributed by atoms with Crippen molar-refractivity contribution in [3.63, 3.8) is 0 Å². The highest BCUT2D eigenvalue weighted by molar-refractivity contribution is 5.79. The Morgan fingerprint density at radius 3 is 2.40 bits per heavy atom.